The molecule has 1 aliphatic rings. The van der Waals surface area contributed by atoms with E-state index in [1.54, 1.807) is 0 Å². The molecule has 0 amide bonds. The average Bonchev–Trinajstić information content (AvgIpc) is 2.80. The van der Waals surface area contributed by atoms with Gasteiger partial charge in [0.1, 0.15) is 0 Å². The van der Waals surface area contributed by atoms with Gasteiger partial charge in [-0.15, -0.1) is 0 Å². The highest BCUT2D eigenvalue weighted by molar-refractivity contribution is 7.89. The Labute approximate surface area is 105 Å². The molecule has 1 fully saturated rings. The van der Waals surface area contributed by atoms with Gasteiger partial charge in [0.05, 0.1) is 12.4 Å². The first-order valence-corrected chi connectivity index (χ1v) is 7.94. The maximum Gasteiger partial charge on any atom is 0.211 e. The lowest BCUT2D eigenvalue weighted by Crippen LogP contribution is -2.32. The van der Waals surface area contributed by atoms with Crippen LogP contribution >= 0.6 is 0 Å². The minimum atomic E-state index is -3.05. The molecule has 1 aliphatic heterocycles. The average molecular weight is 264 g/mol. The normalized spacial score (nSPS) is 21.2. The van der Waals surface area contributed by atoms with Crippen molar-refractivity contribution in [2.24, 2.45) is 5.92 Å². The van der Waals surface area contributed by atoms with E-state index >= 15 is 0 Å². The zero-order valence-corrected chi connectivity index (χ0v) is 11.6. The summed E-state index contributed by atoms with van der Waals surface area (Å²) >= 11 is 0. The standard InChI is InChI=1S/C11H24N2O3S/c1-3-13(9-11-5-7-16-10-11)6-4-8-17(14,15)12-2/h11-12H,3-10H2,1-2H3/t11-/m0/s1. The third-order valence-corrected chi connectivity index (χ3v) is 4.63. The fraction of sp³-hybridized carbons (Fsp3) is 1.00. The van der Waals surface area contributed by atoms with Crippen molar-refractivity contribution in [3.63, 3.8) is 0 Å². The number of hydrogen-bond donors (Lipinski definition) is 1. The lowest BCUT2D eigenvalue weighted by Gasteiger charge is -2.23. The minimum absolute atomic E-state index is 0.209. The number of nitrogens with zero attached hydrogens (tertiary/aromatic N) is 1. The van der Waals surface area contributed by atoms with E-state index in [0.717, 1.165) is 39.3 Å². The van der Waals surface area contributed by atoms with Crippen LogP contribution in [0.2, 0.25) is 0 Å². The van der Waals surface area contributed by atoms with Crippen molar-refractivity contribution < 1.29 is 13.2 Å². The minimum Gasteiger partial charge on any atom is -0.381 e. The van der Waals surface area contributed by atoms with E-state index in [2.05, 4.69) is 16.5 Å². The summed E-state index contributed by atoms with van der Waals surface area (Å²) in [5, 5.41) is 0. The van der Waals surface area contributed by atoms with Gasteiger partial charge >= 0.3 is 0 Å². The van der Waals surface area contributed by atoms with Gasteiger partial charge in [-0.3, -0.25) is 0 Å². The Hall–Kier alpha value is -0.170. The molecule has 17 heavy (non-hydrogen) atoms. The van der Waals surface area contributed by atoms with Crippen LogP contribution in [0.5, 0.6) is 0 Å². The molecule has 0 radical (unpaired) electrons. The Morgan fingerprint density at radius 3 is 2.76 bits per heavy atom. The van der Waals surface area contributed by atoms with Gasteiger partial charge < -0.3 is 9.64 Å². The molecule has 0 aliphatic carbocycles. The van der Waals surface area contributed by atoms with Crippen molar-refractivity contribution in [3.8, 4) is 0 Å². The zero-order valence-electron chi connectivity index (χ0n) is 10.8. The lowest BCUT2D eigenvalue weighted by atomic mass is 10.1. The topological polar surface area (TPSA) is 58.6 Å². The van der Waals surface area contributed by atoms with Gasteiger partial charge in [-0.25, -0.2) is 13.1 Å². The van der Waals surface area contributed by atoms with Crippen LogP contribution in [0, 0.1) is 5.92 Å². The molecule has 0 aromatic rings. The first-order chi connectivity index (χ1) is 8.07. The highest BCUT2D eigenvalue weighted by Crippen LogP contribution is 2.13. The van der Waals surface area contributed by atoms with Gasteiger partial charge in [-0.2, -0.15) is 0 Å². The molecule has 0 saturated carbocycles. The maximum absolute atomic E-state index is 11.3. The molecule has 6 heteroatoms. The summed E-state index contributed by atoms with van der Waals surface area (Å²) in [5.74, 6) is 0.831. The molecule has 0 spiro atoms. The molecular formula is C11H24N2O3S. The molecule has 1 rings (SSSR count). The molecule has 0 unspecified atom stereocenters. The molecule has 1 heterocycles. The van der Waals surface area contributed by atoms with Crippen molar-refractivity contribution in [1.29, 1.82) is 0 Å². The van der Waals surface area contributed by atoms with E-state index in [-0.39, 0.29) is 5.75 Å². The Kier molecular flexibility index (Phi) is 6.40. The number of ether oxygens (including phenoxy) is 1. The summed E-state index contributed by atoms with van der Waals surface area (Å²) in [5.41, 5.74) is 0. The SMILES string of the molecule is CCN(CCCS(=O)(=O)NC)C[C@@H]1CCOC1. The molecule has 0 bridgehead atoms. The third kappa shape index (κ3) is 5.81. The largest absolute Gasteiger partial charge is 0.381 e. The van der Waals surface area contributed by atoms with Gasteiger partial charge in [0, 0.05) is 13.2 Å². The molecule has 1 atom stereocenters. The first-order valence-electron chi connectivity index (χ1n) is 6.28. The third-order valence-electron chi connectivity index (χ3n) is 3.19. The van der Waals surface area contributed by atoms with E-state index in [4.69, 9.17) is 4.74 Å². The van der Waals surface area contributed by atoms with Crippen LogP contribution < -0.4 is 4.72 Å². The van der Waals surface area contributed by atoms with Gasteiger partial charge in [-0.05, 0) is 38.9 Å². The highest BCUT2D eigenvalue weighted by atomic mass is 32.2. The van der Waals surface area contributed by atoms with Crippen molar-refractivity contribution in [1.82, 2.24) is 9.62 Å². The van der Waals surface area contributed by atoms with Crippen LogP contribution in [-0.4, -0.2) is 59.0 Å². The molecule has 1 saturated heterocycles. The van der Waals surface area contributed by atoms with E-state index in [1.165, 1.54) is 7.05 Å². The first kappa shape index (κ1) is 14.9. The summed E-state index contributed by atoms with van der Waals surface area (Å²) in [6.07, 6.45) is 1.82. The van der Waals surface area contributed by atoms with Crippen LogP contribution in [0.25, 0.3) is 0 Å². The number of sulfonamides is 1. The molecule has 102 valence electrons. The van der Waals surface area contributed by atoms with E-state index in [0.29, 0.717) is 12.3 Å². The Bertz CT molecular complexity index is 300. The monoisotopic (exact) mass is 264 g/mol. The van der Waals surface area contributed by atoms with Gasteiger partial charge in [0.25, 0.3) is 0 Å². The smallest absolute Gasteiger partial charge is 0.211 e. The Morgan fingerprint density at radius 1 is 1.47 bits per heavy atom. The molecule has 0 aromatic heterocycles. The van der Waals surface area contributed by atoms with Crippen LogP contribution in [0.15, 0.2) is 0 Å². The fourth-order valence-electron chi connectivity index (χ4n) is 2.05. The number of nitrogens with one attached hydrogen (secondary N) is 1. The van der Waals surface area contributed by atoms with Crippen LogP contribution in [-0.2, 0) is 14.8 Å². The second-order valence-corrected chi connectivity index (χ2v) is 6.55. The summed E-state index contributed by atoms with van der Waals surface area (Å²) in [4.78, 5) is 2.31. The van der Waals surface area contributed by atoms with E-state index < -0.39 is 10.0 Å². The predicted octanol–water partition coefficient (Wildman–Crippen LogP) is 0.284. The summed E-state index contributed by atoms with van der Waals surface area (Å²) in [6, 6.07) is 0. The second kappa shape index (κ2) is 7.31. The molecular weight excluding hydrogens is 240 g/mol. The maximum atomic E-state index is 11.3. The quantitative estimate of drug-likeness (QED) is 0.684. The van der Waals surface area contributed by atoms with Crippen LogP contribution in [0.3, 0.4) is 0 Å². The van der Waals surface area contributed by atoms with Crippen LogP contribution in [0.1, 0.15) is 19.8 Å². The molecule has 0 aromatic carbocycles. The van der Waals surface area contributed by atoms with E-state index in [9.17, 15) is 8.42 Å². The fourth-order valence-corrected chi connectivity index (χ4v) is 2.76. The Balaban J connectivity index is 2.22. The van der Waals surface area contributed by atoms with Gasteiger partial charge in [0.15, 0.2) is 0 Å². The van der Waals surface area contributed by atoms with E-state index in [1.807, 2.05) is 0 Å². The zero-order chi connectivity index (χ0) is 12.7. The van der Waals surface area contributed by atoms with Crippen molar-refractivity contribution >= 4 is 10.0 Å². The molecule has 1 N–H and O–H groups in total. The van der Waals surface area contributed by atoms with Crippen molar-refractivity contribution in [2.45, 2.75) is 19.8 Å². The van der Waals surface area contributed by atoms with Crippen molar-refractivity contribution in [2.75, 3.05) is 45.6 Å². The highest BCUT2D eigenvalue weighted by Gasteiger charge is 2.18. The second-order valence-electron chi connectivity index (χ2n) is 4.50. The molecule has 5 nitrogen and oxygen atoms in total. The summed E-state index contributed by atoms with van der Waals surface area (Å²) in [6.45, 7) is 6.67. The van der Waals surface area contributed by atoms with Gasteiger partial charge in [-0.1, -0.05) is 6.92 Å². The number of rotatable bonds is 8. The lowest BCUT2D eigenvalue weighted by molar-refractivity contribution is 0.169. The number of hydrogen-bond acceptors (Lipinski definition) is 4. The van der Waals surface area contributed by atoms with Crippen molar-refractivity contribution in [3.05, 3.63) is 0 Å². The summed E-state index contributed by atoms with van der Waals surface area (Å²) < 4.78 is 30.2. The summed E-state index contributed by atoms with van der Waals surface area (Å²) in [7, 11) is -1.59. The predicted molar refractivity (Wildman–Crippen MR) is 68.5 cm³/mol. The van der Waals surface area contributed by atoms with Gasteiger partial charge in [0.2, 0.25) is 10.0 Å². The van der Waals surface area contributed by atoms with Crippen LogP contribution in [0.4, 0.5) is 0 Å². The Morgan fingerprint density at radius 2 is 2.24 bits per heavy atom.